The fourth-order valence-electron chi connectivity index (χ4n) is 3.37. The fraction of sp³-hybridized carbons (Fsp3) is 0.474. The molecule has 0 spiro atoms. The van der Waals surface area contributed by atoms with Gasteiger partial charge >= 0.3 is 0 Å². The van der Waals surface area contributed by atoms with Crippen LogP contribution >= 0.6 is 22.7 Å². The van der Waals surface area contributed by atoms with Gasteiger partial charge in [0.25, 0.3) is 0 Å². The minimum Gasteiger partial charge on any atom is -0.394 e. The number of ether oxygens (including phenoxy) is 1. The summed E-state index contributed by atoms with van der Waals surface area (Å²) in [6.45, 7) is 1.33. The van der Waals surface area contributed by atoms with Crippen molar-refractivity contribution in [3.8, 4) is 10.7 Å². The standard InChI is InChI=1S/C19H22N4O6S2/c1-8-18(31-19(23-8)9-5-20-2-3-21-9)16(27)12-6-22-13(30-12)4-10-14(25)17(28)15(26)11(7-24)29-10/h2-3,5-6,10-11,14-17,24-28H,4,7H2,1H3. The van der Waals surface area contributed by atoms with E-state index in [0.717, 1.165) is 0 Å². The highest BCUT2D eigenvalue weighted by Gasteiger charge is 2.43. The Kier molecular flexibility index (Phi) is 6.69. The average Bonchev–Trinajstić information content (AvgIpc) is 3.41. The summed E-state index contributed by atoms with van der Waals surface area (Å²) in [7, 11) is 0. The van der Waals surface area contributed by atoms with Crippen molar-refractivity contribution in [2.45, 2.75) is 50.0 Å². The molecule has 0 amide bonds. The Morgan fingerprint density at radius 1 is 1.03 bits per heavy atom. The molecule has 166 valence electrons. The summed E-state index contributed by atoms with van der Waals surface area (Å²) < 4.78 is 5.53. The lowest BCUT2D eigenvalue weighted by molar-refractivity contribution is -0.228. The Labute approximate surface area is 185 Å². The van der Waals surface area contributed by atoms with Crippen LogP contribution in [0, 0.1) is 6.92 Å². The highest BCUT2D eigenvalue weighted by Crippen LogP contribution is 2.36. The number of aliphatic hydroxyl groups is 5. The van der Waals surface area contributed by atoms with E-state index in [1.807, 2.05) is 6.92 Å². The molecule has 10 nitrogen and oxygen atoms in total. The smallest absolute Gasteiger partial charge is 0.144 e. The Balaban J connectivity index is 1.49. The first-order chi connectivity index (χ1) is 14.9. The Morgan fingerprint density at radius 2 is 1.81 bits per heavy atom. The molecule has 0 aromatic carbocycles. The summed E-state index contributed by atoms with van der Waals surface area (Å²) >= 11 is 2.57. The van der Waals surface area contributed by atoms with Crippen LogP contribution < -0.4 is 0 Å². The van der Waals surface area contributed by atoms with Gasteiger partial charge in [-0.2, -0.15) is 0 Å². The van der Waals surface area contributed by atoms with Gasteiger partial charge < -0.3 is 30.3 Å². The topological polar surface area (TPSA) is 162 Å². The summed E-state index contributed by atoms with van der Waals surface area (Å²) in [4.78, 5) is 18.3. The molecule has 6 atom stereocenters. The molecular weight excluding hydrogens is 444 g/mol. The molecule has 31 heavy (non-hydrogen) atoms. The van der Waals surface area contributed by atoms with Crippen LogP contribution in [0.1, 0.15) is 26.6 Å². The summed E-state index contributed by atoms with van der Waals surface area (Å²) in [6, 6.07) is 0. The molecule has 3 aromatic rings. The molecule has 0 aliphatic carbocycles. The zero-order chi connectivity index (χ0) is 22.1. The SMILES string of the molecule is Cc1nc(-c2cnccn2)sc1C(O)c1cnc(CC2OC(CO)C(O)C(O)C2O)s1. The Bertz CT molecular complexity index is 1010. The third-order valence-electron chi connectivity index (χ3n) is 5.07. The molecule has 1 saturated heterocycles. The molecule has 0 bridgehead atoms. The fourth-order valence-corrected chi connectivity index (χ4v) is 5.44. The second-order valence-corrected chi connectivity index (χ2v) is 9.37. The summed E-state index contributed by atoms with van der Waals surface area (Å²) in [5, 5.41) is 51.5. The van der Waals surface area contributed by atoms with Crippen LogP contribution in [0.4, 0.5) is 0 Å². The monoisotopic (exact) mass is 466 g/mol. The number of aryl methyl sites for hydroxylation is 1. The van der Waals surface area contributed by atoms with Gasteiger partial charge in [-0.3, -0.25) is 9.97 Å². The lowest BCUT2D eigenvalue weighted by Crippen LogP contribution is -2.58. The quantitative estimate of drug-likeness (QED) is 0.330. The molecule has 0 radical (unpaired) electrons. The molecule has 12 heteroatoms. The number of hydrogen-bond donors (Lipinski definition) is 5. The maximum atomic E-state index is 10.9. The second-order valence-electron chi connectivity index (χ2n) is 7.19. The number of rotatable bonds is 6. The van der Waals surface area contributed by atoms with E-state index in [1.54, 1.807) is 24.8 Å². The lowest BCUT2D eigenvalue weighted by atomic mass is 9.94. The molecular formula is C19H22N4O6S2. The first-order valence-corrected chi connectivity index (χ1v) is 11.2. The van der Waals surface area contributed by atoms with Crippen molar-refractivity contribution in [2.24, 2.45) is 0 Å². The average molecular weight is 467 g/mol. The second kappa shape index (κ2) is 9.30. The van der Waals surface area contributed by atoms with Crippen LogP contribution in [0.2, 0.25) is 0 Å². The van der Waals surface area contributed by atoms with Crippen molar-refractivity contribution in [3.05, 3.63) is 45.2 Å². The molecule has 4 heterocycles. The van der Waals surface area contributed by atoms with Crippen LogP contribution in [-0.2, 0) is 11.2 Å². The van der Waals surface area contributed by atoms with Crippen molar-refractivity contribution in [1.82, 2.24) is 19.9 Å². The minimum absolute atomic E-state index is 0.158. The molecule has 1 aliphatic heterocycles. The minimum atomic E-state index is -1.43. The highest BCUT2D eigenvalue weighted by atomic mass is 32.1. The van der Waals surface area contributed by atoms with E-state index in [9.17, 15) is 25.5 Å². The van der Waals surface area contributed by atoms with Crippen LogP contribution in [0.15, 0.2) is 24.8 Å². The van der Waals surface area contributed by atoms with E-state index in [0.29, 0.717) is 31.2 Å². The number of nitrogens with zero attached hydrogens (tertiary/aromatic N) is 4. The van der Waals surface area contributed by atoms with E-state index in [1.165, 1.54) is 22.7 Å². The van der Waals surface area contributed by atoms with Crippen molar-refractivity contribution in [1.29, 1.82) is 0 Å². The van der Waals surface area contributed by atoms with Gasteiger partial charge in [0.2, 0.25) is 0 Å². The molecule has 3 aromatic heterocycles. The van der Waals surface area contributed by atoms with Gasteiger partial charge in [0.05, 0.1) is 39.4 Å². The van der Waals surface area contributed by atoms with Crippen LogP contribution in [0.3, 0.4) is 0 Å². The van der Waals surface area contributed by atoms with Crippen molar-refractivity contribution in [2.75, 3.05) is 6.61 Å². The lowest BCUT2D eigenvalue weighted by Gasteiger charge is -2.39. The third kappa shape index (κ3) is 4.52. The number of thiazole rings is 2. The number of hydrogen-bond acceptors (Lipinski definition) is 12. The summed E-state index contributed by atoms with van der Waals surface area (Å²) in [5.74, 6) is 0. The maximum Gasteiger partial charge on any atom is 0.144 e. The van der Waals surface area contributed by atoms with Crippen molar-refractivity contribution < 1.29 is 30.3 Å². The highest BCUT2D eigenvalue weighted by molar-refractivity contribution is 7.15. The van der Waals surface area contributed by atoms with E-state index in [4.69, 9.17) is 4.74 Å². The molecule has 1 fully saturated rings. The maximum absolute atomic E-state index is 10.9. The van der Waals surface area contributed by atoms with E-state index in [2.05, 4.69) is 19.9 Å². The molecule has 6 unspecified atom stereocenters. The molecule has 1 aliphatic rings. The van der Waals surface area contributed by atoms with Crippen LogP contribution in [-0.4, -0.2) is 82.6 Å². The van der Waals surface area contributed by atoms with Gasteiger partial charge in [-0.15, -0.1) is 22.7 Å². The Hall–Kier alpha value is -1.90. The third-order valence-corrected chi connectivity index (χ3v) is 7.38. The summed E-state index contributed by atoms with van der Waals surface area (Å²) in [6.07, 6.45) is -0.417. The predicted molar refractivity (Wildman–Crippen MR) is 112 cm³/mol. The van der Waals surface area contributed by atoms with Gasteiger partial charge in [-0.05, 0) is 6.92 Å². The van der Waals surface area contributed by atoms with Gasteiger partial charge in [0, 0.05) is 25.0 Å². The molecule has 4 rings (SSSR count). The van der Waals surface area contributed by atoms with Crippen molar-refractivity contribution in [3.63, 3.8) is 0 Å². The molecule has 5 N–H and O–H groups in total. The van der Waals surface area contributed by atoms with Gasteiger partial charge in [-0.25, -0.2) is 9.97 Å². The van der Waals surface area contributed by atoms with Gasteiger partial charge in [-0.1, -0.05) is 0 Å². The zero-order valence-electron chi connectivity index (χ0n) is 16.4. The summed E-state index contributed by atoms with van der Waals surface area (Å²) in [5.41, 5.74) is 1.31. The number of aliphatic hydroxyl groups excluding tert-OH is 5. The van der Waals surface area contributed by atoms with E-state index < -0.39 is 43.2 Å². The zero-order valence-corrected chi connectivity index (χ0v) is 18.1. The van der Waals surface area contributed by atoms with Crippen LogP contribution in [0.5, 0.6) is 0 Å². The molecule has 0 saturated carbocycles. The van der Waals surface area contributed by atoms with Gasteiger partial charge in [0.15, 0.2) is 0 Å². The largest absolute Gasteiger partial charge is 0.394 e. The van der Waals surface area contributed by atoms with E-state index in [-0.39, 0.29) is 6.42 Å². The van der Waals surface area contributed by atoms with Gasteiger partial charge in [0.1, 0.15) is 41.2 Å². The normalized spacial score (nSPS) is 27.4. The van der Waals surface area contributed by atoms with Crippen molar-refractivity contribution >= 4 is 22.7 Å². The Morgan fingerprint density at radius 3 is 2.52 bits per heavy atom. The number of aromatic nitrogens is 4. The first-order valence-electron chi connectivity index (χ1n) is 9.56. The van der Waals surface area contributed by atoms with Crippen LogP contribution in [0.25, 0.3) is 10.7 Å². The first kappa shape index (κ1) is 22.3. The van der Waals surface area contributed by atoms with E-state index >= 15 is 0 Å². The predicted octanol–water partition coefficient (Wildman–Crippen LogP) is -0.168.